The average molecular weight is 380 g/mol. The van der Waals surface area contributed by atoms with Gasteiger partial charge in [0.1, 0.15) is 0 Å². The van der Waals surface area contributed by atoms with Gasteiger partial charge in [-0.15, -0.1) is 0 Å². The molecular formula is C20H30ClN3O2. The fourth-order valence-corrected chi connectivity index (χ4v) is 4.10. The van der Waals surface area contributed by atoms with Crippen LogP contribution in [0.25, 0.3) is 0 Å². The number of primary amides is 1. The lowest BCUT2D eigenvalue weighted by molar-refractivity contribution is -0.115. The van der Waals surface area contributed by atoms with Crippen molar-refractivity contribution >= 4 is 23.5 Å². The van der Waals surface area contributed by atoms with Crippen molar-refractivity contribution in [2.24, 2.45) is 11.7 Å². The van der Waals surface area contributed by atoms with Gasteiger partial charge in [0.15, 0.2) is 0 Å². The molecule has 3 amide bonds. The summed E-state index contributed by atoms with van der Waals surface area (Å²) in [6.07, 6.45) is 9.55. The van der Waals surface area contributed by atoms with Gasteiger partial charge in [-0.3, -0.25) is 4.79 Å². The van der Waals surface area contributed by atoms with Crippen LogP contribution in [0.5, 0.6) is 0 Å². The summed E-state index contributed by atoms with van der Waals surface area (Å²) in [6.45, 7) is 1.31. The second-order valence-electron chi connectivity index (χ2n) is 7.29. The maximum atomic E-state index is 12.4. The number of hydrogen-bond acceptors (Lipinski definition) is 2. The third kappa shape index (κ3) is 6.87. The number of carbonyl (C=O) groups is 2. The number of rotatable bonds is 4. The minimum Gasteiger partial charge on any atom is -0.370 e. The molecule has 2 saturated carbocycles. The molecule has 0 heterocycles. The molecule has 0 radical (unpaired) electrons. The summed E-state index contributed by atoms with van der Waals surface area (Å²) in [7, 11) is 0. The van der Waals surface area contributed by atoms with Gasteiger partial charge in [0, 0.05) is 18.0 Å². The zero-order valence-electron chi connectivity index (χ0n) is 15.5. The molecule has 0 aliphatic heterocycles. The van der Waals surface area contributed by atoms with E-state index in [9.17, 15) is 9.59 Å². The van der Waals surface area contributed by atoms with Crippen molar-refractivity contribution in [3.05, 3.63) is 34.9 Å². The third-order valence-corrected chi connectivity index (χ3v) is 5.29. The molecule has 4 N–H and O–H groups in total. The third-order valence-electron chi connectivity index (χ3n) is 5.06. The van der Waals surface area contributed by atoms with Gasteiger partial charge in [-0.05, 0) is 49.3 Å². The Balaban J connectivity index is 0.000000552. The number of nitrogens with one attached hydrogen (secondary N) is 2. The van der Waals surface area contributed by atoms with Crippen LogP contribution < -0.4 is 16.4 Å². The van der Waals surface area contributed by atoms with Crippen molar-refractivity contribution in [3.8, 4) is 0 Å². The minimum absolute atomic E-state index is 0.0243. The molecule has 1 unspecified atom stereocenters. The number of urea groups is 1. The number of nitrogens with two attached hydrogens (primary N) is 1. The van der Waals surface area contributed by atoms with Crippen LogP contribution in [0.4, 0.5) is 4.79 Å². The van der Waals surface area contributed by atoms with E-state index in [1.807, 2.05) is 18.2 Å². The van der Waals surface area contributed by atoms with Crippen molar-refractivity contribution in [2.45, 2.75) is 70.4 Å². The van der Waals surface area contributed by atoms with E-state index < -0.39 is 0 Å². The Morgan fingerprint density at radius 3 is 2.27 bits per heavy atom. The van der Waals surface area contributed by atoms with Gasteiger partial charge < -0.3 is 16.4 Å². The predicted molar refractivity (Wildman–Crippen MR) is 105 cm³/mol. The van der Waals surface area contributed by atoms with Gasteiger partial charge in [0.25, 0.3) is 0 Å². The fraction of sp³-hybridized carbons (Fsp3) is 0.600. The first kappa shape index (κ1) is 20.6. The molecule has 144 valence electrons. The summed E-state index contributed by atoms with van der Waals surface area (Å²) < 4.78 is 0. The lowest BCUT2D eigenvalue weighted by Gasteiger charge is -2.26. The smallest absolute Gasteiger partial charge is 0.315 e. The molecule has 26 heavy (non-hydrogen) atoms. The topological polar surface area (TPSA) is 84.2 Å². The average Bonchev–Trinajstić information content (AvgIpc) is 3.25. The molecule has 2 aliphatic carbocycles. The van der Waals surface area contributed by atoms with E-state index in [4.69, 9.17) is 11.6 Å². The van der Waals surface area contributed by atoms with Gasteiger partial charge in [-0.1, -0.05) is 49.4 Å². The van der Waals surface area contributed by atoms with Crippen LogP contribution in [0, 0.1) is 5.92 Å². The van der Waals surface area contributed by atoms with Gasteiger partial charge >= 0.3 is 6.03 Å². The molecule has 0 bridgehead atoms. The van der Waals surface area contributed by atoms with E-state index in [-0.39, 0.29) is 18.0 Å². The van der Waals surface area contributed by atoms with Crippen molar-refractivity contribution in [1.82, 2.24) is 10.6 Å². The molecule has 3 rings (SSSR count). The lowest BCUT2D eigenvalue weighted by atomic mass is 9.92. The molecule has 2 aliphatic rings. The Bertz CT molecular complexity index is 592. The molecule has 1 atom stereocenters. The van der Waals surface area contributed by atoms with Gasteiger partial charge in [0.05, 0.1) is 6.04 Å². The largest absolute Gasteiger partial charge is 0.370 e. The Labute approximate surface area is 161 Å². The van der Waals surface area contributed by atoms with Crippen LogP contribution in [0.1, 0.15) is 69.9 Å². The maximum absolute atomic E-state index is 12.4. The number of carbonyl (C=O) groups excluding carboxylic acids is 2. The van der Waals surface area contributed by atoms with Crippen LogP contribution >= 0.6 is 11.6 Å². The summed E-state index contributed by atoms with van der Waals surface area (Å²) in [5, 5.41) is 7.09. The maximum Gasteiger partial charge on any atom is 0.315 e. The van der Waals surface area contributed by atoms with Crippen molar-refractivity contribution in [1.29, 1.82) is 0 Å². The summed E-state index contributed by atoms with van der Waals surface area (Å²) in [5.74, 6) is 0.188. The van der Waals surface area contributed by atoms with E-state index in [1.165, 1.54) is 45.4 Å². The van der Waals surface area contributed by atoms with Crippen molar-refractivity contribution in [3.63, 3.8) is 0 Å². The zero-order chi connectivity index (χ0) is 18.9. The van der Waals surface area contributed by atoms with Gasteiger partial charge in [-0.2, -0.15) is 0 Å². The van der Waals surface area contributed by atoms with E-state index in [1.54, 1.807) is 0 Å². The number of benzene rings is 1. The predicted octanol–water partition coefficient (Wildman–Crippen LogP) is 4.30. The van der Waals surface area contributed by atoms with Gasteiger partial charge in [0.2, 0.25) is 5.91 Å². The van der Waals surface area contributed by atoms with E-state index in [2.05, 4.69) is 22.4 Å². The van der Waals surface area contributed by atoms with E-state index >= 15 is 0 Å². The Morgan fingerprint density at radius 1 is 1.12 bits per heavy atom. The lowest BCUT2D eigenvalue weighted by Crippen LogP contribution is -2.44. The molecule has 0 saturated heterocycles. The van der Waals surface area contributed by atoms with E-state index in [0.29, 0.717) is 12.0 Å². The van der Waals surface area contributed by atoms with Crippen LogP contribution in [-0.4, -0.2) is 18.0 Å². The second-order valence-corrected chi connectivity index (χ2v) is 7.72. The number of amides is 3. The first-order valence-corrected chi connectivity index (χ1v) is 9.92. The summed E-state index contributed by atoms with van der Waals surface area (Å²) in [4.78, 5) is 21.6. The Morgan fingerprint density at radius 2 is 1.69 bits per heavy atom. The molecular weight excluding hydrogens is 350 g/mol. The van der Waals surface area contributed by atoms with Crippen LogP contribution in [0.3, 0.4) is 0 Å². The molecule has 6 heteroatoms. The minimum atomic E-state index is -0.333. The number of hydrogen-bond donors (Lipinski definition) is 3. The SMILES string of the molecule is CC(N)=O.O=C(NC1CCCC1)NC(c1cccc(Cl)c1)C1CCCC1. The monoisotopic (exact) mass is 379 g/mol. The van der Waals surface area contributed by atoms with Crippen molar-refractivity contribution < 1.29 is 9.59 Å². The molecule has 0 spiro atoms. The second kappa shape index (κ2) is 10.4. The molecule has 1 aromatic rings. The van der Waals surface area contributed by atoms with Crippen molar-refractivity contribution in [2.75, 3.05) is 0 Å². The van der Waals surface area contributed by atoms with Gasteiger partial charge in [-0.25, -0.2) is 4.79 Å². The summed E-state index contributed by atoms with van der Waals surface area (Å²) in [5.41, 5.74) is 5.60. The molecule has 2 fully saturated rings. The highest BCUT2D eigenvalue weighted by Crippen LogP contribution is 2.36. The van der Waals surface area contributed by atoms with E-state index in [0.717, 1.165) is 23.4 Å². The first-order chi connectivity index (χ1) is 12.5. The first-order valence-electron chi connectivity index (χ1n) is 9.54. The summed E-state index contributed by atoms with van der Waals surface area (Å²) in [6, 6.07) is 8.31. The van der Waals surface area contributed by atoms with Crippen LogP contribution in [0.15, 0.2) is 24.3 Å². The van der Waals surface area contributed by atoms with Crippen LogP contribution in [0.2, 0.25) is 5.02 Å². The highest BCUT2D eigenvalue weighted by Gasteiger charge is 2.28. The summed E-state index contributed by atoms with van der Waals surface area (Å²) >= 11 is 6.14. The highest BCUT2D eigenvalue weighted by atomic mass is 35.5. The number of halogens is 1. The molecule has 5 nitrogen and oxygen atoms in total. The Hall–Kier alpha value is -1.75. The Kier molecular flexibility index (Phi) is 8.23. The normalized spacial score (nSPS) is 18.7. The standard InChI is InChI=1S/C18H25ClN2O.C2H5NO/c19-15-9-5-8-14(12-15)17(13-6-1-2-7-13)21-18(22)20-16-10-3-4-11-16;1-2(3)4/h5,8-9,12-13,16-17H,1-4,6-7,10-11H2,(H2,20,21,22);1H3,(H2,3,4). The molecule has 1 aromatic carbocycles. The highest BCUT2D eigenvalue weighted by molar-refractivity contribution is 6.30. The quantitative estimate of drug-likeness (QED) is 0.728. The van der Waals surface area contributed by atoms with Crippen LogP contribution in [-0.2, 0) is 4.79 Å². The molecule has 0 aromatic heterocycles. The fourth-order valence-electron chi connectivity index (χ4n) is 3.90. The zero-order valence-corrected chi connectivity index (χ0v) is 16.2.